The molecule has 2 aliphatic carbocycles. The summed E-state index contributed by atoms with van der Waals surface area (Å²) in [5.74, 6) is 0.330. The summed E-state index contributed by atoms with van der Waals surface area (Å²) in [5, 5.41) is 12.6. The van der Waals surface area contributed by atoms with Gasteiger partial charge in [0.15, 0.2) is 6.61 Å². The van der Waals surface area contributed by atoms with Crippen LogP contribution in [0.5, 0.6) is 5.75 Å². The highest BCUT2D eigenvalue weighted by Gasteiger charge is 2.69. The quantitative estimate of drug-likeness (QED) is 0.666. The zero-order chi connectivity index (χ0) is 24.8. The maximum Gasteiger partial charge on any atom is 0.261 e. The Morgan fingerprint density at radius 1 is 1.24 bits per heavy atom. The molecule has 0 unspecified atom stereocenters. The van der Waals surface area contributed by atoms with Gasteiger partial charge in [-0.25, -0.2) is 0 Å². The van der Waals surface area contributed by atoms with Gasteiger partial charge in [-0.05, 0) is 54.6 Å². The number of fused-ring (bicyclic) bond motifs is 1. The van der Waals surface area contributed by atoms with Gasteiger partial charge in [0.25, 0.3) is 5.91 Å². The summed E-state index contributed by atoms with van der Waals surface area (Å²) in [5.41, 5.74) is 1.01. The summed E-state index contributed by atoms with van der Waals surface area (Å²) < 4.78 is 5.67. The second-order valence-corrected chi connectivity index (χ2v) is 11.7. The first kappa shape index (κ1) is 24.3. The van der Waals surface area contributed by atoms with E-state index >= 15 is 0 Å². The largest absolute Gasteiger partial charge is 0.484 e. The first-order valence-electron chi connectivity index (χ1n) is 12.1. The molecule has 0 radical (unpaired) electrons. The van der Waals surface area contributed by atoms with E-state index in [0.717, 1.165) is 12.0 Å². The topological polar surface area (TPSA) is 99.5 Å². The van der Waals surface area contributed by atoms with E-state index in [4.69, 9.17) is 4.74 Å². The fourth-order valence-corrected chi connectivity index (χ4v) is 6.07. The summed E-state index contributed by atoms with van der Waals surface area (Å²) >= 11 is 0. The number of nitrogens with zero attached hydrogens (tertiary/aromatic N) is 2. The van der Waals surface area contributed by atoms with Gasteiger partial charge in [-0.2, -0.15) is 5.26 Å². The lowest BCUT2D eigenvalue weighted by molar-refractivity contribution is -0.142. The van der Waals surface area contributed by atoms with Gasteiger partial charge in [0.05, 0.1) is 6.07 Å². The lowest BCUT2D eigenvalue weighted by Crippen LogP contribution is -2.53. The van der Waals surface area contributed by atoms with Gasteiger partial charge < -0.3 is 15.0 Å². The average molecular weight is 466 g/mol. The second-order valence-electron chi connectivity index (χ2n) is 11.7. The maximum atomic E-state index is 13.4. The Balaban J connectivity index is 1.41. The van der Waals surface area contributed by atoms with Gasteiger partial charge >= 0.3 is 0 Å². The molecule has 7 heteroatoms. The Bertz CT molecular complexity index is 1020. The molecule has 0 bridgehead atoms. The van der Waals surface area contributed by atoms with Gasteiger partial charge in [-0.3, -0.25) is 14.4 Å². The smallest absolute Gasteiger partial charge is 0.261 e. The van der Waals surface area contributed by atoms with E-state index in [2.05, 4.69) is 39.1 Å². The summed E-state index contributed by atoms with van der Waals surface area (Å²) in [4.78, 5) is 40.4. The molecule has 3 fully saturated rings. The average Bonchev–Trinajstić information content (AvgIpc) is 3.07. The summed E-state index contributed by atoms with van der Waals surface area (Å²) in [6, 6.07) is 8.26. The Hall–Kier alpha value is -2.88. The normalized spacial score (nSPS) is 29.2. The van der Waals surface area contributed by atoms with Crippen molar-refractivity contribution in [3.63, 3.8) is 0 Å². The van der Waals surface area contributed by atoms with Crippen LogP contribution in [0.2, 0.25) is 0 Å². The third kappa shape index (κ3) is 4.68. The first-order chi connectivity index (χ1) is 15.9. The molecular weight excluding hydrogens is 430 g/mol. The van der Waals surface area contributed by atoms with Crippen molar-refractivity contribution >= 4 is 17.6 Å². The van der Waals surface area contributed by atoms with Crippen molar-refractivity contribution in [1.82, 2.24) is 10.2 Å². The molecule has 5 atom stereocenters. The van der Waals surface area contributed by atoms with Crippen LogP contribution in [-0.2, 0) is 14.4 Å². The molecule has 2 amide bonds. The number of ketones is 1. The number of nitriles is 1. The number of carbonyl (C=O) groups excluding carboxylic acids is 3. The van der Waals surface area contributed by atoms with Gasteiger partial charge in [0.2, 0.25) is 5.91 Å². The predicted octanol–water partition coefficient (Wildman–Crippen LogP) is 3.26. The number of nitrogens with one attached hydrogen (secondary N) is 1. The van der Waals surface area contributed by atoms with Crippen LogP contribution in [-0.4, -0.2) is 47.7 Å². The molecule has 0 spiro atoms. The number of aryl methyl sites for hydroxylation is 1. The van der Waals surface area contributed by atoms with Crippen LogP contribution < -0.4 is 10.1 Å². The number of hydrogen-bond acceptors (Lipinski definition) is 5. The summed E-state index contributed by atoms with van der Waals surface area (Å²) in [7, 11) is 0. The Labute approximate surface area is 201 Å². The fraction of sp³-hybridized carbons (Fsp3) is 0.630. The number of ether oxygens (including phenoxy) is 1. The van der Waals surface area contributed by atoms with Crippen molar-refractivity contribution in [3.05, 3.63) is 29.8 Å². The van der Waals surface area contributed by atoms with E-state index in [-0.39, 0.29) is 52.8 Å². The minimum absolute atomic E-state index is 0.0236. The van der Waals surface area contributed by atoms with Crippen LogP contribution in [0.4, 0.5) is 0 Å². The fourth-order valence-electron chi connectivity index (χ4n) is 6.07. The molecule has 1 aromatic rings. The van der Waals surface area contributed by atoms with Gasteiger partial charge in [-0.1, -0.05) is 45.4 Å². The summed E-state index contributed by atoms with van der Waals surface area (Å²) in [6.07, 6.45) is 1.55. The third-order valence-electron chi connectivity index (χ3n) is 8.08. The highest BCUT2D eigenvalue weighted by atomic mass is 16.5. The second kappa shape index (κ2) is 8.72. The first-order valence-corrected chi connectivity index (χ1v) is 12.1. The van der Waals surface area contributed by atoms with Crippen LogP contribution in [0.25, 0.3) is 0 Å². The van der Waals surface area contributed by atoms with Crippen molar-refractivity contribution in [3.8, 4) is 11.8 Å². The van der Waals surface area contributed by atoms with Crippen molar-refractivity contribution in [2.24, 2.45) is 28.6 Å². The molecule has 1 N–H and O–H groups in total. The van der Waals surface area contributed by atoms with Gasteiger partial charge in [0, 0.05) is 18.9 Å². The molecule has 2 saturated carbocycles. The third-order valence-corrected chi connectivity index (χ3v) is 8.08. The number of hydrogen-bond donors (Lipinski definition) is 1. The molecule has 1 saturated heterocycles. The molecule has 3 aliphatic rings. The molecule has 1 aliphatic heterocycles. The minimum atomic E-state index is -0.753. The van der Waals surface area contributed by atoms with Crippen LogP contribution in [0.3, 0.4) is 0 Å². The van der Waals surface area contributed by atoms with E-state index in [1.165, 1.54) is 0 Å². The zero-order valence-electron chi connectivity index (χ0n) is 20.8. The standard InChI is InChI=1S/C27H35N3O4/c1-16-6-8-19(9-7-16)34-15-22(32)30-14-20-23(27(20,4)5)24(30)25(33)29-18(13-28)10-17-11-26(2,3)12-21(17)31/h6-9,17-18,20,23-24H,10-12,14-15H2,1-5H3,(H,29,33)/t17-,18+,20+,23+,24+/m1/s1. The predicted molar refractivity (Wildman–Crippen MR) is 127 cm³/mol. The highest BCUT2D eigenvalue weighted by molar-refractivity contribution is 5.90. The Kier molecular flexibility index (Phi) is 6.22. The number of benzene rings is 1. The van der Waals surface area contributed by atoms with Crippen molar-refractivity contribution < 1.29 is 19.1 Å². The van der Waals surface area contributed by atoms with Crippen molar-refractivity contribution in [2.45, 2.75) is 66.0 Å². The van der Waals surface area contributed by atoms with E-state index < -0.39 is 12.1 Å². The zero-order valence-corrected chi connectivity index (χ0v) is 20.8. The minimum Gasteiger partial charge on any atom is -0.484 e. The highest BCUT2D eigenvalue weighted by Crippen LogP contribution is 2.64. The molecule has 182 valence electrons. The van der Waals surface area contributed by atoms with Crippen LogP contribution in [0.15, 0.2) is 24.3 Å². The van der Waals surface area contributed by atoms with E-state index in [1.54, 1.807) is 4.90 Å². The molecule has 7 nitrogen and oxygen atoms in total. The number of Topliss-reactive ketones (excluding diaryl/α,β-unsaturated/α-hetero) is 1. The Morgan fingerprint density at radius 3 is 2.50 bits per heavy atom. The number of carbonyl (C=O) groups is 3. The number of piperidine rings is 1. The van der Waals surface area contributed by atoms with Gasteiger partial charge in [0.1, 0.15) is 23.6 Å². The molecule has 1 heterocycles. The van der Waals surface area contributed by atoms with Crippen molar-refractivity contribution in [1.29, 1.82) is 5.26 Å². The Morgan fingerprint density at radius 2 is 1.91 bits per heavy atom. The number of likely N-dealkylation sites (tertiary alicyclic amines) is 1. The van der Waals surface area contributed by atoms with E-state index in [1.807, 2.05) is 31.2 Å². The lowest BCUT2D eigenvalue weighted by Gasteiger charge is -2.30. The molecular formula is C27H35N3O4. The van der Waals surface area contributed by atoms with E-state index in [0.29, 0.717) is 25.1 Å². The SMILES string of the molecule is Cc1ccc(OCC(=O)N2C[C@H]3[C@@H]([C@H]2C(=O)N[C@H](C#N)C[C@@H]2CC(C)(C)CC2=O)C3(C)C)cc1. The van der Waals surface area contributed by atoms with Crippen LogP contribution in [0.1, 0.15) is 52.5 Å². The molecule has 34 heavy (non-hydrogen) atoms. The molecule has 1 aromatic carbocycles. The number of rotatable bonds is 7. The van der Waals surface area contributed by atoms with E-state index in [9.17, 15) is 19.6 Å². The van der Waals surface area contributed by atoms with Gasteiger partial charge in [-0.15, -0.1) is 0 Å². The van der Waals surface area contributed by atoms with Crippen LogP contribution >= 0.6 is 0 Å². The summed E-state index contributed by atoms with van der Waals surface area (Å²) in [6.45, 7) is 10.7. The number of amides is 2. The lowest BCUT2D eigenvalue weighted by atomic mass is 9.89. The molecule has 0 aromatic heterocycles. The van der Waals surface area contributed by atoms with Crippen LogP contribution in [0, 0.1) is 46.8 Å². The monoisotopic (exact) mass is 465 g/mol. The molecule has 4 rings (SSSR count). The maximum absolute atomic E-state index is 13.4. The van der Waals surface area contributed by atoms with Crippen molar-refractivity contribution in [2.75, 3.05) is 13.2 Å².